The van der Waals surface area contributed by atoms with Crippen LogP contribution in [0.1, 0.15) is 36.7 Å². The molecule has 1 N–H and O–H groups in total. The van der Waals surface area contributed by atoms with Crippen LogP contribution >= 0.6 is 22.9 Å². The lowest BCUT2D eigenvalue weighted by Gasteiger charge is -2.12. The Bertz CT molecular complexity index is 1490. The number of benzene rings is 1. The molecule has 9 heteroatoms. The van der Waals surface area contributed by atoms with Gasteiger partial charge >= 0.3 is 0 Å². The zero-order valence-electron chi connectivity index (χ0n) is 18.9. The van der Waals surface area contributed by atoms with Gasteiger partial charge in [-0.05, 0) is 49.2 Å². The maximum atomic E-state index is 13.5. The van der Waals surface area contributed by atoms with E-state index >= 15 is 0 Å². The van der Waals surface area contributed by atoms with Gasteiger partial charge in [0.05, 0.1) is 27.2 Å². The number of nitrogens with one attached hydrogen (secondary N) is 1. The molecule has 3 heterocycles. The van der Waals surface area contributed by atoms with Gasteiger partial charge in [0.15, 0.2) is 0 Å². The average Bonchev–Trinajstić information content (AvgIpc) is 3.15. The molecule has 3 aromatic heterocycles. The van der Waals surface area contributed by atoms with Crippen molar-refractivity contribution in [2.45, 2.75) is 13.8 Å². The minimum atomic E-state index is -0.416. The molecule has 0 aliphatic heterocycles. The highest BCUT2D eigenvalue weighted by molar-refractivity contribution is 7.18. The van der Waals surface area contributed by atoms with Crippen molar-refractivity contribution in [3.05, 3.63) is 74.9 Å². The van der Waals surface area contributed by atoms with E-state index in [9.17, 15) is 14.9 Å². The Morgan fingerprint density at radius 3 is 2.59 bits per heavy atom. The summed E-state index contributed by atoms with van der Waals surface area (Å²) in [5, 5.41) is 14.0. The fourth-order valence-electron chi connectivity index (χ4n) is 3.57. The molecule has 0 fully saturated rings. The Morgan fingerprint density at radius 2 is 1.94 bits per heavy atom. The number of amides is 2. The van der Waals surface area contributed by atoms with Crippen LogP contribution in [0.5, 0.6) is 0 Å². The van der Waals surface area contributed by atoms with Crippen LogP contribution in [0.4, 0.5) is 5.00 Å². The second-order valence-corrected chi connectivity index (χ2v) is 9.32. The third-order valence-electron chi connectivity index (χ3n) is 5.46. The maximum Gasteiger partial charge on any atom is 0.263 e. The largest absolute Gasteiger partial charge is 0.344 e. The van der Waals surface area contributed by atoms with Gasteiger partial charge in [0.2, 0.25) is 0 Å². The fraction of sp³-hybridized carbons (Fsp3) is 0.160. The second-order valence-electron chi connectivity index (χ2n) is 7.89. The molecule has 4 rings (SSSR count). The summed E-state index contributed by atoms with van der Waals surface area (Å²) < 4.78 is 0. The van der Waals surface area contributed by atoms with Gasteiger partial charge in [-0.1, -0.05) is 17.7 Å². The van der Waals surface area contributed by atoms with Gasteiger partial charge in [0.1, 0.15) is 11.1 Å². The number of halogens is 1. The van der Waals surface area contributed by atoms with E-state index in [0.29, 0.717) is 42.6 Å². The molecule has 0 atom stereocenters. The Hall–Kier alpha value is -3.80. The van der Waals surface area contributed by atoms with Crippen LogP contribution in [-0.4, -0.2) is 40.8 Å². The molecule has 4 aromatic rings. The first-order chi connectivity index (χ1) is 16.2. The van der Waals surface area contributed by atoms with E-state index < -0.39 is 5.91 Å². The fourth-order valence-corrected chi connectivity index (χ4v) is 4.89. The van der Waals surface area contributed by atoms with Crippen molar-refractivity contribution in [1.29, 1.82) is 5.26 Å². The quantitative estimate of drug-likeness (QED) is 0.410. The van der Waals surface area contributed by atoms with Crippen molar-refractivity contribution < 1.29 is 9.59 Å². The summed E-state index contributed by atoms with van der Waals surface area (Å²) in [6.45, 7) is 3.55. The van der Waals surface area contributed by atoms with E-state index in [1.165, 1.54) is 4.90 Å². The van der Waals surface area contributed by atoms with Crippen molar-refractivity contribution in [2.75, 3.05) is 19.4 Å². The highest BCUT2D eigenvalue weighted by atomic mass is 35.5. The van der Waals surface area contributed by atoms with Gasteiger partial charge in [0, 0.05) is 42.5 Å². The summed E-state index contributed by atoms with van der Waals surface area (Å²) >= 11 is 7.43. The van der Waals surface area contributed by atoms with Gasteiger partial charge in [-0.15, -0.1) is 11.3 Å². The number of pyridine rings is 2. The highest BCUT2D eigenvalue weighted by Crippen LogP contribution is 2.35. The van der Waals surface area contributed by atoms with Gasteiger partial charge in [-0.2, -0.15) is 5.26 Å². The van der Waals surface area contributed by atoms with E-state index in [-0.39, 0.29) is 11.5 Å². The van der Waals surface area contributed by atoms with E-state index in [4.69, 9.17) is 16.6 Å². The van der Waals surface area contributed by atoms with Gasteiger partial charge < -0.3 is 10.2 Å². The maximum absolute atomic E-state index is 13.5. The minimum Gasteiger partial charge on any atom is -0.344 e. The predicted molar refractivity (Wildman–Crippen MR) is 134 cm³/mol. The number of thiophene rings is 1. The number of anilines is 1. The molecule has 0 saturated carbocycles. The van der Waals surface area contributed by atoms with Crippen LogP contribution in [0, 0.1) is 25.2 Å². The molecule has 0 aliphatic rings. The van der Waals surface area contributed by atoms with Crippen molar-refractivity contribution in [2.24, 2.45) is 0 Å². The van der Waals surface area contributed by atoms with Gasteiger partial charge in [0.25, 0.3) is 11.8 Å². The molecular formula is C25H20ClN5O2S. The van der Waals surface area contributed by atoms with Crippen LogP contribution in [-0.2, 0) is 0 Å². The Balaban J connectivity index is 1.85. The lowest BCUT2D eigenvalue weighted by Crippen LogP contribution is -2.21. The molecule has 0 saturated heterocycles. The normalized spacial score (nSPS) is 10.7. The Kier molecular flexibility index (Phi) is 6.33. The number of fused-ring (bicyclic) bond motifs is 1. The van der Waals surface area contributed by atoms with Crippen molar-refractivity contribution in [3.63, 3.8) is 0 Å². The summed E-state index contributed by atoms with van der Waals surface area (Å²) in [6, 6.07) is 10.9. The number of carbonyl (C=O) groups excluding carboxylic acids is 2. The lowest BCUT2D eigenvalue weighted by atomic mass is 10.0. The average molecular weight is 490 g/mol. The molecule has 170 valence electrons. The van der Waals surface area contributed by atoms with Crippen LogP contribution < -0.4 is 5.32 Å². The van der Waals surface area contributed by atoms with E-state index in [2.05, 4.69) is 16.4 Å². The van der Waals surface area contributed by atoms with Crippen LogP contribution in [0.15, 0.2) is 42.7 Å². The van der Waals surface area contributed by atoms with Gasteiger partial charge in [-0.3, -0.25) is 14.6 Å². The molecule has 0 aliphatic carbocycles. The topological polar surface area (TPSA) is 99.0 Å². The number of aromatic nitrogens is 2. The Morgan fingerprint density at radius 1 is 1.18 bits per heavy atom. The molecule has 2 amide bonds. The number of rotatable bonds is 4. The smallest absolute Gasteiger partial charge is 0.263 e. The van der Waals surface area contributed by atoms with Crippen LogP contribution in [0.2, 0.25) is 5.02 Å². The minimum absolute atomic E-state index is 0.224. The van der Waals surface area contributed by atoms with Crippen molar-refractivity contribution in [3.8, 4) is 17.3 Å². The summed E-state index contributed by atoms with van der Waals surface area (Å²) in [4.78, 5) is 36.8. The summed E-state index contributed by atoms with van der Waals surface area (Å²) in [5.74, 6) is -0.640. The number of aryl methyl sites for hydroxylation is 1. The summed E-state index contributed by atoms with van der Waals surface area (Å²) in [5.41, 5.74) is 3.86. The Labute approximate surface area is 205 Å². The molecule has 0 radical (unpaired) electrons. The zero-order valence-corrected chi connectivity index (χ0v) is 20.5. The number of carbonyl (C=O) groups is 2. The number of nitriles is 1. The van der Waals surface area contributed by atoms with Crippen molar-refractivity contribution in [1.82, 2.24) is 14.9 Å². The number of hydrogen-bond donors (Lipinski definition) is 1. The first kappa shape index (κ1) is 23.4. The summed E-state index contributed by atoms with van der Waals surface area (Å²) in [6.07, 6.45) is 3.33. The first-order valence-corrected chi connectivity index (χ1v) is 11.5. The molecule has 7 nitrogen and oxygen atoms in total. The van der Waals surface area contributed by atoms with Crippen molar-refractivity contribution >= 4 is 50.7 Å². The molecule has 0 bridgehead atoms. The number of hydrogen-bond acceptors (Lipinski definition) is 6. The molecule has 34 heavy (non-hydrogen) atoms. The molecular weight excluding hydrogens is 470 g/mol. The third-order valence-corrected chi connectivity index (χ3v) is 7.06. The number of nitrogens with zero attached hydrogens (tertiary/aromatic N) is 4. The zero-order chi connectivity index (χ0) is 24.6. The lowest BCUT2D eigenvalue weighted by molar-refractivity contribution is 0.0831. The molecule has 0 unspecified atom stereocenters. The highest BCUT2D eigenvalue weighted by Gasteiger charge is 2.24. The van der Waals surface area contributed by atoms with Crippen LogP contribution in [0.3, 0.4) is 0 Å². The molecule has 1 aromatic carbocycles. The molecule has 0 spiro atoms. The summed E-state index contributed by atoms with van der Waals surface area (Å²) in [7, 11) is 3.28. The van der Waals surface area contributed by atoms with E-state index in [0.717, 1.165) is 22.5 Å². The van der Waals surface area contributed by atoms with E-state index in [1.54, 1.807) is 57.7 Å². The first-order valence-electron chi connectivity index (χ1n) is 10.3. The van der Waals surface area contributed by atoms with Crippen LogP contribution in [0.25, 0.3) is 22.2 Å². The predicted octanol–water partition coefficient (Wildman–Crippen LogP) is 5.45. The van der Waals surface area contributed by atoms with Gasteiger partial charge in [-0.25, -0.2) is 4.98 Å². The second kappa shape index (κ2) is 9.21. The SMILES string of the molecule is Cc1c(C(=O)N(C)C)sc(NC(=O)c2cc(-c3cccnc3)nc3c(C)c(Cl)ccc23)c1C#N. The van der Waals surface area contributed by atoms with E-state index in [1.807, 2.05) is 13.0 Å². The third kappa shape index (κ3) is 4.12. The standard InChI is InChI=1S/C25H20ClN5O2S/c1-13-18(11-27)24(34-22(13)25(33)31(3)4)30-23(32)17-10-20(15-6-5-9-28-12-15)29-21-14(2)19(26)8-7-16(17)21/h5-10,12H,1-4H3,(H,30,32). The monoisotopic (exact) mass is 489 g/mol.